The average Bonchev–Trinajstić information content (AvgIpc) is 2.42. The Morgan fingerprint density at radius 1 is 1.11 bits per heavy atom. The molecule has 0 saturated heterocycles. The summed E-state index contributed by atoms with van der Waals surface area (Å²) in [5.74, 6) is 0.812. The maximum absolute atomic E-state index is 9.27. The van der Waals surface area contributed by atoms with Gasteiger partial charge in [0.15, 0.2) is 0 Å². The first-order valence-corrected chi connectivity index (χ1v) is 7.40. The number of ether oxygens (including phenoxy) is 1. The van der Waals surface area contributed by atoms with Gasteiger partial charge in [-0.15, -0.1) is 0 Å². The van der Waals surface area contributed by atoms with Crippen molar-refractivity contribution in [3.05, 3.63) is 29.8 Å². The van der Waals surface area contributed by atoms with Crippen LogP contribution in [0.5, 0.6) is 5.75 Å². The van der Waals surface area contributed by atoms with Crippen molar-refractivity contribution in [2.45, 2.75) is 59.5 Å². The molecular weight excluding hydrogens is 236 g/mol. The minimum atomic E-state index is 0.0348. The van der Waals surface area contributed by atoms with Crippen LogP contribution < -0.4 is 4.74 Å². The number of aliphatic hydroxyl groups excluding tert-OH is 1. The number of hydrogen-bond acceptors (Lipinski definition) is 2. The lowest BCUT2D eigenvalue weighted by Gasteiger charge is -2.25. The molecule has 108 valence electrons. The highest BCUT2D eigenvalue weighted by atomic mass is 16.5. The van der Waals surface area contributed by atoms with E-state index in [2.05, 4.69) is 20.8 Å². The van der Waals surface area contributed by atoms with Crippen molar-refractivity contribution in [1.29, 1.82) is 0 Å². The van der Waals surface area contributed by atoms with Gasteiger partial charge in [-0.05, 0) is 17.9 Å². The smallest absolute Gasteiger partial charge is 0.124 e. The normalized spacial score (nSPS) is 11.6. The van der Waals surface area contributed by atoms with Crippen LogP contribution in [0, 0.1) is 5.41 Å². The van der Waals surface area contributed by atoms with E-state index in [0.717, 1.165) is 11.3 Å². The van der Waals surface area contributed by atoms with Gasteiger partial charge in [-0.1, -0.05) is 64.7 Å². The first kappa shape index (κ1) is 16.0. The molecule has 0 saturated carbocycles. The lowest BCUT2D eigenvalue weighted by molar-refractivity contribution is 0.161. The summed E-state index contributed by atoms with van der Waals surface area (Å²) in [6.07, 6.45) is 6.37. The molecule has 0 fully saturated rings. The highest BCUT2D eigenvalue weighted by Crippen LogP contribution is 2.27. The Hall–Kier alpha value is -1.02. The number of unbranched alkanes of at least 4 members (excludes halogenated alkanes) is 3. The van der Waals surface area contributed by atoms with Gasteiger partial charge in [0.05, 0.1) is 13.2 Å². The largest absolute Gasteiger partial charge is 0.493 e. The van der Waals surface area contributed by atoms with E-state index in [-0.39, 0.29) is 12.0 Å². The Balaban J connectivity index is 2.41. The van der Waals surface area contributed by atoms with Crippen LogP contribution in [0.3, 0.4) is 0 Å². The molecule has 0 unspecified atom stereocenters. The second kappa shape index (κ2) is 8.21. The van der Waals surface area contributed by atoms with Gasteiger partial charge in [0.25, 0.3) is 0 Å². The minimum Gasteiger partial charge on any atom is -0.493 e. The molecule has 0 aliphatic carbocycles. The van der Waals surface area contributed by atoms with Gasteiger partial charge in [0, 0.05) is 5.56 Å². The van der Waals surface area contributed by atoms with E-state index in [9.17, 15) is 5.11 Å². The highest BCUT2D eigenvalue weighted by Gasteiger charge is 2.18. The van der Waals surface area contributed by atoms with E-state index in [0.29, 0.717) is 6.61 Å². The van der Waals surface area contributed by atoms with Gasteiger partial charge < -0.3 is 9.84 Å². The van der Waals surface area contributed by atoms with E-state index in [1.165, 1.54) is 32.1 Å². The van der Waals surface area contributed by atoms with E-state index in [4.69, 9.17) is 4.74 Å². The number of para-hydroxylation sites is 1. The standard InChI is InChI=1S/C17H28O2/c1-4-5-6-9-12-17(2,3)14-19-16-11-8-7-10-15(16)13-18/h7-8,10-11,18H,4-6,9,12-14H2,1-3H3. The van der Waals surface area contributed by atoms with Crippen LogP contribution in [0.2, 0.25) is 0 Å². The Morgan fingerprint density at radius 3 is 2.53 bits per heavy atom. The molecule has 1 rings (SSSR count). The predicted molar refractivity (Wildman–Crippen MR) is 80.4 cm³/mol. The van der Waals surface area contributed by atoms with Gasteiger partial charge in [0.1, 0.15) is 5.75 Å². The van der Waals surface area contributed by atoms with Gasteiger partial charge >= 0.3 is 0 Å². The van der Waals surface area contributed by atoms with E-state index >= 15 is 0 Å². The summed E-state index contributed by atoms with van der Waals surface area (Å²) >= 11 is 0. The summed E-state index contributed by atoms with van der Waals surface area (Å²) in [6.45, 7) is 7.48. The first-order chi connectivity index (χ1) is 9.09. The fourth-order valence-electron chi connectivity index (χ4n) is 2.15. The molecule has 2 nitrogen and oxygen atoms in total. The quantitative estimate of drug-likeness (QED) is 0.663. The zero-order valence-corrected chi connectivity index (χ0v) is 12.6. The van der Waals surface area contributed by atoms with Crippen molar-refractivity contribution in [1.82, 2.24) is 0 Å². The zero-order chi connectivity index (χ0) is 14.1. The molecule has 0 spiro atoms. The average molecular weight is 264 g/mol. The SMILES string of the molecule is CCCCCCC(C)(C)COc1ccccc1CO. The van der Waals surface area contributed by atoms with E-state index in [1.54, 1.807) is 0 Å². The first-order valence-electron chi connectivity index (χ1n) is 7.40. The number of hydrogen-bond donors (Lipinski definition) is 1. The molecule has 1 aromatic carbocycles. The number of benzene rings is 1. The van der Waals surface area contributed by atoms with E-state index in [1.807, 2.05) is 24.3 Å². The molecule has 1 N–H and O–H groups in total. The van der Waals surface area contributed by atoms with Crippen LogP contribution in [0.4, 0.5) is 0 Å². The van der Waals surface area contributed by atoms with Crippen molar-refractivity contribution < 1.29 is 9.84 Å². The molecule has 19 heavy (non-hydrogen) atoms. The second-order valence-corrected chi connectivity index (χ2v) is 6.03. The molecule has 1 aromatic rings. The van der Waals surface area contributed by atoms with Crippen LogP contribution in [-0.2, 0) is 6.61 Å². The van der Waals surface area contributed by atoms with Crippen LogP contribution in [0.15, 0.2) is 24.3 Å². The molecule has 0 atom stereocenters. The molecule has 0 amide bonds. The van der Waals surface area contributed by atoms with E-state index < -0.39 is 0 Å². The second-order valence-electron chi connectivity index (χ2n) is 6.03. The molecule has 2 heteroatoms. The zero-order valence-electron chi connectivity index (χ0n) is 12.6. The molecule has 0 heterocycles. The lowest BCUT2D eigenvalue weighted by Crippen LogP contribution is -2.21. The van der Waals surface area contributed by atoms with Crippen molar-refractivity contribution in [3.8, 4) is 5.75 Å². The molecule has 0 aliphatic heterocycles. The topological polar surface area (TPSA) is 29.5 Å². The van der Waals surface area contributed by atoms with Gasteiger partial charge in [-0.2, -0.15) is 0 Å². The Kier molecular flexibility index (Phi) is 6.93. The van der Waals surface area contributed by atoms with Crippen LogP contribution >= 0.6 is 0 Å². The van der Waals surface area contributed by atoms with Gasteiger partial charge in [-0.25, -0.2) is 0 Å². The third-order valence-electron chi connectivity index (χ3n) is 3.47. The predicted octanol–water partition coefficient (Wildman–Crippen LogP) is 4.55. The third kappa shape index (κ3) is 6.11. The van der Waals surface area contributed by atoms with Crippen LogP contribution in [0.25, 0.3) is 0 Å². The van der Waals surface area contributed by atoms with Gasteiger partial charge in [0.2, 0.25) is 0 Å². The van der Waals surface area contributed by atoms with Crippen molar-refractivity contribution >= 4 is 0 Å². The third-order valence-corrected chi connectivity index (χ3v) is 3.47. The summed E-state index contributed by atoms with van der Waals surface area (Å²) in [6, 6.07) is 7.71. The number of aliphatic hydroxyl groups is 1. The van der Waals surface area contributed by atoms with Gasteiger partial charge in [-0.3, -0.25) is 0 Å². The lowest BCUT2D eigenvalue weighted by atomic mass is 9.88. The molecule has 0 aromatic heterocycles. The minimum absolute atomic E-state index is 0.0348. The van der Waals surface area contributed by atoms with Crippen LogP contribution in [-0.4, -0.2) is 11.7 Å². The summed E-state index contributed by atoms with van der Waals surface area (Å²) < 4.78 is 5.89. The Labute approximate surface area is 117 Å². The fourth-order valence-corrected chi connectivity index (χ4v) is 2.15. The maximum Gasteiger partial charge on any atom is 0.124 e. The molecular formula is C17H28O2. The molecule has 0 bridgehead atoms. The molecule has 0 aliphatic rings. The summed E-state index contributed by atoms with van der Waals surface area (Å²) in [4.78, 5) is 0. The van der Waals surface area contributed by atoms with Crippen molar-refractivity contribution in [3.63, 3.8) is 0 Å². The molecule has 0 radical (unpaired) electrons. The Morgan fingerprint density at radius 2 is 1.84 bits per heavy atom. The maximum atomic E-state index is 9.27. The summed E-state index contributed by atoms with van der Waals surface area (Å²) in [7, 11) is 0. The Bertz CT molecular complexity index is 358. The number of rotatable bonds is 9. The van der Waals surface area contributed by atoms with Crippen molar-refractivity contribution in [2.75, 3.05) is 6.61 Å². The van der Waals surface area contributed by atoms with Crippen LogP contribution in [0.1, 0.15) is 58.4 Å². The fraction of sp³-hybridized carbons (Fsp3) is 0.647. The highest BCUT2D eigenvalue weighted by molar-refractivity contribution is 5.32. The summed E-state index contributed by atoms with van der Waals surface area (Å²) in [5.41, 5.74) is 1.06. The monoisotopic (exact) mass is 264 g/mol. The van der Waals surface area contributed by atoms with Crippen molar-refractivity contribution in [2.24, 2.45) is 5.41 Å². The summed E-state index contributed by atoms with van der Waals surface area (Å²) in [5, 5.41) is 9.27.